The number of likely N-dealkylation sites (tertiary alicyclic amines) is 1. The minimum atomic E-state index is -0.0449. The summed E-state index contributed by atoms with van der Waals surface area (Å²) in [5.74, 6) is 1.33. The summed E-state index contributed by atoms with van der Waals surface area (Å²) in [4.78, 5) is 21.8. The molecule has 1 aromatic carbocycles. The average Bonchev–Trinajstić information content (AvgIpc) is 3.14. The third kappa shape index (κ3) is 3.09. The fraction of sp³-hybridized carbons (Fsp3) is 0.375. The van der Waals surface area contributed by atoms with Crippen LogP contribution in [-0.4, -0.2) is 33.9 Å². The second kappa shape index (κ2) is 6.40. The van der Waals surface area contributed by atoms with Crippen LogP contribution in [0.25, 0.3) is 0 Å². The molecule has 5 nitrogen and oxygen atoms in total. The molecule has 1 aliphatic rings. The van der Waals surface area contributed by atoms with Crippen molar-refractivity contribution >= 4 is 17.5 Å². The molecular formula is C16H18ClN3O2. The molecule has 0 aliphatic carbocycles. The Bertz CT molecular complexity index is 671. The van der Waals surface area contributed by atoms with Gasteiger partial charge in [0.05, 0.1) is 11.1 Å². The molecule has 0 unspecified atom stereocenters. The number of hydrogen-bond acceptors (Lipinski definition) is 3. The normalized spacial score (nSPS) is 17.7. The van der Waals surface area contributed by atoms with Gasteiger partial charge < -0.3 is 14.6 Å². The van der Waals surface area contributed by atoms with Crippen molar-refractivity contribution in [3.63, 3.8) is 0 Å². The number of para-hydroxylation sites is 1. The highest BCUT2D eigenvalue weighted by molar-refractivity contribution is 6.32. The standard InChI is InChI=1S/C16H18ClN3O2/c1-11-9-18-16(19-11)13-6-4-8-20(13)15(21)10-22-14-7-3-2-5-12(14)17/h2-3,5,7,9,13H,4,6,8,10H2,1H3,(H,18,19)/t13-/m0/s1. The molecule has 3 rings (SSSR count). The highest BCUT2D eigenvalue weighted by Crippen LogP contribution is 2.30. The summed E-state index contributed by atoms with van der Waals surface area (Å²) in [5, 5.41) is 0.509. The number of H-pyrrole nitrogens is 1. The van der Waals surface area contributed by atoms with E-state index in [1.54, 1.807) is 18.3 Å². The van der Waals surface area contributed by atoms with Crippen LogP contribution in [0.3, 0.4) is 0 Å². The third-order valence-electron chi connectivity index (χ3n) is 3.80. The Kier molecular flexibility index (Phi) is 4.34. The molecule has 0 radical (unpaired) electrons. The molecule has 1 aliphatic heterocycles. The number of aryl methyl sites for hydroxylation is 1. The van der Waals surface area contributed by atoms with E-state index < -0.39 is 0 Å². The number of ether oxygens (including phenoxy) is 1. The van der Waals surface area contributed by atoms with Gasteiger partial charge in [-0.05, 0) is 31.9 Å². The maximum atomic E-state index is 12.4. The first-order valence-corrected chi connectivity index (χ1v) is 7.71. The van der Waals surface area contributed by atoms with Gasteiger partial charge in [0.1, 0.15) is 11.6 Å². The van der Waals surface area contributed by atoms with Gasteiger partial charge in [0.2, 0.25) is 0 Å². The lowest BCUT2D eigenvalue weighted by Gasteiger charge is -2.23. The molecule has 2 heterocycles. The van der Waals surface area contributed by atoms with Gasteiger partial charge in [0.15, 0.2) is 6.61 Å². The van der Waals surface area contributed by atoms with E-state index in [0.717, 1.165) is 30.9 Å². The molecule has 2 aromatic rings. The number of aromatic nitrogens is 2. The van der Waals surface area contributed by atoms with Gasteiger partial charge in [0.25, 0.3) is 5.91 Å². The van der Waals surface area contributed by atoms with Crippen molar-refractivity contribution in [2.45, 2.75) is 25.8 Å². The van der Waals surface area contributed by atoms with Gasteiger partial charge in [-0.15, -0.1) is 0 Å². The van der Waals surface area contributed by atoms with E-state index in [0.29, 0.717) is 10.8 Å². The van der Waals surface area contributed by atoms with E-state index in [9.17, 15) is 4.79 Å². The molecule has 6 heteroatoms. The second-order valence-electron chi connectivity index (χ2n) is 5.42. The van der Waals surface area contributed by atoms with Crippen molar-refractivity contribution in [2.75, 3.05) is 13.2 Å². The highest BCUT2D eigenvalue weighted by atomic mass is 35.5. The summed E-state index contributed by atoms with van der Waals surface area (Å²) < 4.78 is 5.55. The van der Waals surface area contributed by atoms with Crippen LogP contribution in [-0.2, 0) is 4.79 Å². The molecule has 22 heavy (non-hydrogen) atoms. The lowest BCUT2D eigenvalue weighted by molar-refractivity contribution is -0.134. The summed E-state index contributed by atoms with van der Waals surface area (Å²) in [6.07, 6.45) is 3.68. The van der Waals surface area contributed by atoms with Crippen LogP contribution in [0, 0.1) is 6.92 Å². The number of halogens is 1. The molecule has 1 atom stereocenters. The van der Waals surface area contributed by atoms with Gasteiger partial charge in [-0.1, -0.05) is 23.7 Å². The van der Waals surface area contributed by atoms with Crippen LogP contribution in [0.4, 0.5) is 0 Å². The number of nitrogens with zero attached hydrogens (tertiary/aromatic N) is 2. The van der Waals surface area contributed by atoms with Crippen LogP contribution < -0.4 is 4.74 Å². The van der Waals surface area contributed by atoms with E-state index in [1.807, 2.05) is 24.0 Å². The number of nitrogens with one attached hydrogen (secondary N) is 1. The van der Waals surface area contributed by atoms with E-state index in [1.165, 1.54) is 0 Å². The van der Waals surface area contributed by atoms with Crippen molar-refractivity contribution in [3.05, 3.63) is 47.0 Å². The maximum Gasteiger partial charge on any atom is 0.261 e. The lowest BCUT2D eigenvalue weighted by Crippen LogP contribution is -2.34. The Morgan fingerprint density at radius 1 is 1.50 bits per heavy atom. The first-order chi connectivity index (χ1) is 10.6. The summed E-state index contributed by atoms with van der Waals surface area (Å²) in [5.41, 5.74) is 1.00. The van der Waals surface area contributed by atoms with Crippen LogP contribution in [0.5, 0.6) is 5.75 Å². The van der Waals surface area contributed by atoms with Gasteiger partial charge in [-0.25, -0.2) is 4.98 Å². The predicted molar refractivity (Wildman–Crippen MR) is 84.0 cm³/mol. The van der Waals surface area contributed by atoms with Gasteiger partial charge in [-0.3, -0.25) is 4.79 Å². The Labute approximate surface area is 134 Å². The van der Waals surface area contributed by atoms with E-state index >= 15 is 0 Å². The Hall–Kier alpha value is -2.01. The number of aromatic amines is 1. The van der Waals surface area contributed by atoms with Crippen molar-refractivity contribution in [1.82, 2.24) is 14.9 Å². The smallest absolute Gasteiger partial charge is 0.261 e. The van der Waals surface area contributed by atoms with Crippen molar-refractivity contribution < 1.29 is 9.53 Å². The summed E-state index contributed by atoms with van der Waals surface area (Å²) in [6, 6.07) is 7.16. The molecule has 0 bridgehead atoms. The predicted octanol–water partition coefficient (Wildman–Crippen LogP) is 3.11. The Morgan fingerprint density at radius 2 is 2.32 bits per heavy atom. The lowest BCUT2D eigenvalue weighted by atomic mass is 10.2. The first-order valence-electron chi connectivity index (χ1n) is 7.33. The zero-order chi connectivity index (χ0) is 15.5. The van der Waals surface area contributed by atoms with Crippen LogP contribution in [0.1, 0.15) is 30.4 Å². The Balaban J connectivity index is 1.65. The fourth-order valence-corrected chi connectivity index (χ4v) is 2.93. The first kappa shape index (κ1) is 14.9. The van der Waals surface area contributed by atoms with Gasteiger partial charge in [0, 0.05) is 18.4 Å². The highest BCUT2D eigenvalue weighted by Gasteiger charge is 2.31. The van der Waals surface area contributed by atoms with Crippen molar-refractivity contribution in [2.24, 2.45) is 0 Å². The number of rotatable bonds is 4. The molecule has 1 aromatic heterocycles. The number of hydrogen-bond donors (Lipinski definition) is 1. The van der Waals surface area contributed by atoms with Crippen LogP contribution in [0.2, 0.25) is 5.02 Å². The molecular weight excluding hydrogens is 302 g/mol. The average molecular weight is 320 g/mol. The zero-order valence-electron chi connectivity index (χ0n) is 12.4. The number of amides is 1. The monoisotopic (exact) mass is 319 g/mol. The van der Waals surface area contributed by atoms with Crippen molar-refractivity contribution in [1.29, 1.82) is 0 Å². The topological polar surface area (TPSA) is 58.2 Å². The molecule has 1 amide bonds. The molecule has 1 fully saturated rings. The fourth-order valence-electron chi connectivity index (χ4n) is 2.74. The minimum absolute atomic E-state index is 0.0102. The van der Waals surface area contributed by atoms with Gasteiger partial charge in [-0.2, -0.15) is 0 Å². The second-order valence-corrected chi connectivity index (χ2v) is 5.82. The number of imidazole rings is 1. The van der Waals surface area contributed by atoms with Crippen molar-refractivity contribution in [3.8, 4) is 5.75 Å². The quantitative estimate of drug-likeness (QED) is 0.942. The van der Waals surface area contributed by atoms with Gasteiger partial charge >= 0.3 is 0 Å². The summed E-state index contributed by atoms with van der Waals surface area (Å²) >= 11 is 6.03. The number of carbonyl (C=O) groups is 1. The number of benzene rings is 1. The SMILES string of the molecule is Cc1cnc([C@@H]2CCCN2C(=O)COc2ccccc2Cl)[nH]1. The zero-order valence-corrected chi connectivity index (χ0v) is 13.1. The van der Waals surface area contributed by atoms with Crippen LogP contribution in [0.15, 0.2) is 30.5 Å². The Morgan fingerprint density at radius 3 is 3.05 bits per heavy atom. The minimum Gasteiger partial charge on any atom is -0.482 e. The van der Waals surface area contributed by atoms with E-state index in [4.69, 9.17) is 16.3 Å². The third-order valence-corrected chi connectivity index (χ3v) is 4.11. The molecule has 116 valence electrons. The summed E-state index contributed by atoms with van der Waals surface area (Å²) in [6.45, 7) is 2.67. The largest absolute Gasteiger partial charge is 0.482 e. The molecule has 1 N–H and O–H groups in total. The summed E-state index contributed by atoms with van der Waals surface area (Å²) in [7, 11) is 0. The van der Waals surface area contributed by atoms with E-state index in [2.05, 4.69) is 9.97 Å². The number of carbonyl (C=O) groups excluding carboxylic acids is 1. The molecule has 0 spiro atoms. The molecule has 0 saturated carbocycles. The molecule has 1 saturated heterocycles. The maximum absolute atomic E-state index is 12.4. The van der Waals surface area contributed by atoms with E-state index in [-0.39, 0.29) is 18.6 Å². The van der Waals surface area contributed by atoms with Crippen LogP contribution >= 0.6 is 11.6 Å².